The summed E-state index contributed by atoms with van der Waals surface area (Å²) < 4.78 is 35.0. The van der Waals surface area contributed by atoms with E-state index in [1.807, 2.05) is 21.1 Å². The third-order valence-corrected chi connectivity index (χ3v) is 11.7. The number of hydrogen-bond donors (Lipinski definition) is 1. The highest BCUT2D eigenvalue weighted by atomic mass is 31.2. The smallest absolute Gasteiger partial charge is 0.457 e. The lowest BCUT2D eigenvalue weighted by molar-refractivity contribution is -0.870. The average molecular weight is 805 g/mol. The van der Waals surface area contributed by atoms with Gasteiger partial charge in [0.2, 0.25) is 0 Å². The number of ether oxygens (including phenoxy) is 2. The fraction of sp³-hybridized carbons (Fsp3) is 0.978. The topological polar surface area (TPSA) is 91.3 Å². The summed E-state index contributed by atoms with van der Waals surface area (Å²) >= 11 is 0. The van der Waals surface area contributed by atoms with Crippen molar-refractivity contribution in [3.63, 3.8) is 0 Å². The second-order valence-corrected chi connectivity index (χ2v) is 19.0. The molecule has 0 amide bonds. The van der Waals surface area contributed by atoms with E-state index in [0.29, 0.717) is 24.1 Å². The van der Waals surface area contributed by atoms with Crippen LogP contribution >= 0.6 is 7.82 Å². The zero-order valence-electron chi connectivity index (χ0n) is 37.4. The first-order valence-corrected chi connectivity index (χ1v) is 25.3. The summed E-state index contributed by atoms with van der Waals surface area (Å²) in [5.41, 5.74) is 0. The third-order valence-electron chi connectivity index (χ3n) is 10.7. The van der Waals surface area contributed by atoms with Crippen molar-refractivity contribution in [3.05, 3.63) is 0 Å². The van der Waals surface area contributed by atoms with Gasteiger partial charge in [-0.2, -0.15) is 0 Å². The number of likely N-dealkylation sites (N-methyl/N-ethyl adjacent to an activating group) is 1. The van der Waals surface area contributed by atoms with Crippen LogP contribution < -0.4 is 0 Å². The third kappa shape index (κ3) is 44.4. The summed E-state index contributed by atoms with van der Waals surface area (Å²) in [7, 11) is 1.69. The molecule has 0 aromatic carbocycles. The van der Waals surface area contributed by atoms with Crippen LogP contribution in [-0.2, 0) is 27.9 Å². The molecule has 0 rings (SSSR count). The molecule has 55 heavy (non-hydrogen) atoms. The molecule has 0 spiro atoms. The summed E-state index contributed by atoms with van der Waals surface area (Å²) in [5, 5.41) is 0. The zero-order chi connectivity index (χ0) is 40.6. The Balaban J connectivity index is 4.07. The molecule has 1 N–H and O–H groups in total. The summed E-state index contributed by atoms with van der Waals surface area (Å²) in [6.07, 6.45) is 42.8. The molecule has 0 bridgehead atoms. The molecule has 0 fully saturated rings. The first-order chi connectivity index (χ1) is 26.6. The summed E-state index contributed by atoms with van der Waals surface area (Å²) in [6.45, 7) is 5.68. The van der Waals surface area contributed by atoms with Gasteiger partial charge in [0.15, 0.2) is 0 Å². The Hall–Kier alpha value is -0.500. The maximum Gasteiger partial charge on any atom is 0.472 e. The van der Waals surface area contributed by atoms with E-state index >= 15 is 0 Å². The molecule has 2 atom stereocenters. The van der Waals surface area contributed by atoms with E-state index in [1.54, 1.807) is 0 Å². The molecule has 0 aliphatic carbocycles. The maximum atomic E-state index is 12.7. The van der Waals surface area contributed by atoms with Gasteiger partial charge in [-0.15, -0.1) is 0 Å². The van der Waals surface area contributed by atoms with Crippen LogP contribution in [-0.4, -0.2) is 75.6 Å². The Bertz CT molecular complexity index is 853. The van der Waals surface area contributed by atoms with Gasteiger partial charge in [-0.05, 0) is 12.8 Å². The van der Waals surface area contributed by atoms with Gasteiger partial charge in [-0.3, -0.25) is 13.8 Å². The Kier molecular flexibility index (Phi) is 39.9. The molecular weight excluding hydrogens is 709 g/mol. The predicted octanol–water partition coefficient (Wildman–Crippen LogP) is 14.1. The summed E-state index contributed by atoms with van der Waals surface area (Å²) in [5.74, 6) is -0.308. The first kappa shape index (κ1) is 54.5. The van der Waals surface area contributed by atoms with E-state index in [0.717, 1.165) is 32.1 Å². The Morgan fingerprint density at radius 2 is 0.836 bits per heavy atom. The molecular formula is C46H95NO7P+. The number of carbonyl (C=O) groups is 1. The second kappa shape index (κ2) is 40.3. The monoisotopic (exact) mass is 805 g/mol. The maximum absolute atomic E-state index is 12.7. The quantitative estimate of drug-likeness (QED) is 0.0284. The van der Waals surface area contributed by atoms with Crippen molar-refractivity contribution in [1.82, 2.24) is 0 Å². The standard InChI is InChI=1S/C46H94NO7P/c1-6-8-10-12-14-16-18-20-21-22-23-24-25-26-27-28-30-32-34-36-38-41-51-43-45(44-53-55(49,50)52-42-40-47(3,4)5)54-46(48)39-37-35-33-31-29-19-17-15-13-11-9-7-2/h45H,6-44H2,1-5H3/p+1. The van der Waals surface area contributed by atoms with Crippen molar-refractivity contribution in [2.24, 2.45) is 0 Å². The fourth-order valence-corrected chi connectivity index (χ4v) is 7.71. The van der Waals surface area contributed by atoms with Gasteiger partial charge in [-0.25, -0.2) is 4.57 Å². The Morgan fingerprint density at radius 3 is 1.20 bits per heavy atom. The lowest BCUT2D eigenvalue weighted by atomic mass is 10.0. The van der Waals surface area contributed by atoms with Gasteiger partial charge < -0.3 is 18.9 Å². The highest BCUT2D eigenvalue weighted by molar-refractivity contribution is 7.47. The van der Waals surface area contributed by atoms with Gasteiger partial charge in [0.25, 0.3) is 0 Å². The van der Waals surface area contributed by atoms with E-state index in [1.165, 1.54) is 180 Å². The van der Waals surface area contributed by atoms with Crippen molar-refractivity contribution >= 4 is 13.8 Å². The van der Waals surface area contributed by atoms with E-state index in [9.17, 15) is 14.3 Å². The van der Waals surface area contributed by atoms with Gasteiger partial charge in [0, 0.05) is 13.0 Å². The number of hydrogen-bond acceptors (Lipinski definition) is 6. The zero-order valence-corrected chi connectivity index (χ0v) is 38.3. The minimum atomic E-state index is -4.27. The van der Waals surface area contributed by atoms with E-state index < -0.39 is 13.9 Å². The van der Waals surface area contributed by atoms with Crippen LogP contribution in [0.5, 0.6) is 0 Å². The molecule has 0 aliphatic rings. The van der Waals surface area contributed by atoms with Crippen molar-refractivity contribution in [2.75, 3.05) is 54.1 Å². The number of phosphoric ester groups is 1. The van der Waals surface area contributed by atoms with Gasteiger partial charge in [0.05, 0.1) is 34.4 Å². The van der Waals surface area contributed by atoms with Crippen LogP contribution in [0.4, 0.5) is 0 Å². The minimum absolute atomic E-state index is 0.0939. The highest BCUT2D eigenvalue weighted by Gasteiger charge is 2.26. The molecule has 0 aliphatic heterocycles. The summed E-state index contributed by atoms with van der Waals surface area (Å²) in [6, 6.07) is 0. The molecule has 0 radical (unpaired) electrons. The number of quaternary nitrogens is 1. The van der Waals surface area contributed by atoms with Crippen LogP contribution in [0.3, 0.4) is 0 Å². The fourth-order valence-electron chi connectivity index (χ4n) is 6.97. The number of rotatable bonds is 45. The van der Waals surface area contributed by atoms with Gasteiger partial charge >= 0.3 is 13.8 Å². The van der Waals surface area contributed by atoms with E-state index in [2.05, 4.69) is 13.8 Å². The number of unbranched alkanes of at least 4 members (excludes halogenated alkanes) is 31. The molecule has 0 aromatic rings. The normalized spacial score (nSPS) is 13.6. The molecule has 9 heteroatoms. The first-order valence-electron chi connectivity index (χ1n) is 23.8. The lowest BCUT2D eigenvalue weighted by Gasteiger charge is -2.24. The Morgan fingerprint density at radius 1 is 0.491 bits per heavy atom. The van der Waals surface area contributed by atoms with Crippen molar-refractivity contribution in [3.8, 4) is 0 Å². The van der Waals surface area contributed by atoms with Crippen LogP contribution in [0.2, 0.25) is 0 Å². The van der Waals surface area contributed by atoms with Crippen molar-refractivity contribution < 1.29 is 37.3 Å². The largest absolute Gasteiger partial charge is 0.472 e. The molecule has 0 aromatic heterocycles. The molecule has 330 valence electrons. The van der Waals surface area contributed by atoms with Crippen molar-refractivity contribution in [1.29, 1.82) is 0 Å². The van der Waals surface area contributed by atoms with Gasteiger partial charge in [0.1, 0.15) is 19.3 Å². The van der Waals surface area contributed by atoms with E-state index in [4.69, 9.17) is 18.5 Å². The highest BCUT2D eigenvalue weighted by Crippen LogP contribution is 2.43. The number of phosphoric acid groups is 1. The van der Waals surface area contributed by atoms with Crippen LogP contribution in [0.25, 0.3) is 0 Å². The average Bonchev–Trinajstić information content (AvgIpc) is 3.13. The number of carbonyl (C=O) groups excluding carboxylic acids is 1. The molecule has 0 saturated heterocycles. The van der Waals surface area contributed by atoms with E-state index in [-0.39, 0.29) is 25.8 Å². The van der Waals surface area contributed by atoms with Crippen molar-refractivity contribution in [2.45, 2.75) is 238 Å². The van der Waals surface area contributed by atoms with Crippen LogP contribution in [0, 0.1) is 0 Å². The molecule has 0 heterocycles. The van der Waals surface area contributed by atoms with Crippen LogP contribution in [0.15, 0.2) is 0 Å². The minimum Gasteiger partial charge on any atom is -0.457 e. The SMILES string of the molecule is CCCCCCCCCCCCCCCCCCCCCCCOCC(COP(=O)(O)OCC[N+](C)(C)C)OC(=O)CCCCCCCCCCCCCC. The number of nitrogens with zero attached hydrogens (tertiary/aromatic N) is 1. The number of esters is 1. The lowest BCUT2D eigenvalue weighted by Crippen LogP contribution is -2.37. The molecule has 2 unspecified atom stereocenters. The Labute approximate surface area is 342 Å². The second-order valence-electron chi connectivity index (χ2n) is 17.5. The van der Waals surface area contributed by atoms with Gasteiger partial charge in [-0.1, -0.05) is 213 Å². The predicted molar refractivity (Wildman–Crippen MR) is 234 cm³/mol. The molecule has 8 nitrogen and oxygen atoms in total. The summed E-state index contributed by atoms with van der Waals surface area (Å²) in [4.78, 5) is 22.9. The van der Waals surface area contributed by atoms with Crippen LogP contribution in [0.1, 0.15) is 232 Å². The molecule has 0 saturated carbocycles.